The van der Waals surface area contributed by atoms with Gasteiger partial charge in [0.1, 0.15) is 18.5 Å². The van der Waals surface area contributed by atoms with Crippen LogP contribution in [0.1, 0.15) is 11.1 Å². The molecule has 2 heterocycles. The van der Waals surface area contributed by atoms with Gasteiger partial charge in [0, 0.05) is 41.6 Å². The molecule has 1 aliphatic heterocycles. The minimum absolute atomic E-state index is 0.310. The molecule has 0 aliphatic carbocycles. The van der Waals surface area contributed by atoms with Gasteiger partial charge in [0.25, 0.3) is 0 Å². The Kier molecular flexibility index (Phi) is 8.47. The van der Waals surface area contributed by atoms with E-state index in [-0.39, 0.29) is 6.10 Å². The minimum Gasteiger partial charge on any atom is -0.490 e. The summed E-state index contributed by atoms with van der Waals surface area (Å²) < 4.78 is 21.1. The Morgan fingerprint density at radius 3 is 2.76 bits per heavy atom. The van der Waals surface area contributed by atoms with Crippen LogP contribution < -0.4 is 10.1 Å². The Morgan fingerprint density at radius 2 is 2.00 bits per heavy atom. The zero-order chi connectivity index (χ0) is 26.4. The lowest BCUT2D eigenvalue weighted by Gasteiger charge is -2.30. The van der Waals surface area contributed by atoms with E-state index >= 15 is 0 Å². The van der Waals surface area contributed by atoms with Crippen LogP contribution in [0.4, 0.5) is 0 Å². The predicted octanol–water partition coefficient (Wildman–Crippen LogP) is 6.48. The van der Waals surface area contributed by atoms with E-state index in [1.54, 1.807) is 24.7 Å². The molecular formula is C30H29Cl2N3O3. The first kappa shape index (κ1) is 26.5. The topological polar surface area (TPSA) is 57.5 Å². The Bertz CT molecular complexity index is 1360. The number of halogens is 2. The van der Waals surface area contributed by atoms with Crippen molar-refractivity contribution < 1.29 is 14.2 Å². The molecule has 4 aromatic rings. The standard InChI is InChI=1S/C30H29Cl2N3O3/c1-2-12-33-17-22-8-11-29(26(15-22)23-6-4-3-5-7-23)36-18-25-19-37-30(38-25,20-35-14-13-34-21-35)27-10-9-24(31)16-28(27)32/h2-11,13-16,21,25,33H,1,12,17-20H2/t25-,30-/m1/s1. The Hall–Kier alpha value is -3.13. The monoisotopic (exact) mass is 549 g/mol. The number of hydrogen-bond acceptors (Lipinski definition) is 5. The maximum atomic E-state index is 6.60. The van der Waals surface area contributed by atoms with Crippen molar-refractivity contribution >= 4 is 23.2 Å². The Labute approximate surface area is 232 Å². The molecule has 3 aromatic carbocycles. The number of nitrogens with zero attached hydrogens (tertiary/aromatic N) is 2. The quantitative estimate of drug-likeness (QED) is 0.171. The lowest BCUT2D eigenvalue weighted by molar-refractivity contribution is -0.189. The normalized spacial score (nSPS) is 18.9. The van der Waals surface area contributed by atoms with Crippen LogP contribution in [-0.4, -0.2) is 35.4 Å². The van der Waals surface area contributed by atoms with Crippen molar-refractivity contribution in [1.29, 1.82) is 0 Å². The van der Waals surface area contributed by atoms with Gasteiger partial charge in [-0.25, -0.2) is 4.98 Å². The zero-order valence-electron chi connectivity index (χ0n) is 20.9. The predicted molar refractivity (Wildman–Crippen MR) is 150 cm³/mol. The number of ether oxygens (including phenoxy) is 3. The number of benzene rings is 3. The van der Waals surface area contributed by atoms with Gasteiger partial charge < -0.3 is 24.1 Å². The van der Waals surface area contributed by atoms with E-state index in [0.29, 0.717) is 35.4 Å². The summed E-state index contributed by atoms with van der Waals surface area (Å²) in [5.41, 5.74) is 3.98. The lowest BCUT2D eigenvalue weighted by Crippen LogP contribution is -2.34. The highest BCUT2D eigenvalue weighted by Crippen LogP contribution is 2.41. The van der Waals surface area contributed by atoms with Crippen molar-refractivity contribution in [3.8, 4) is 16.9 Å². The van der Waals surface area contributed by atoms with E-state index in [1.807, 2.05) is 47.2 Å². The van der Waals surface area contributed by atoms with E-state index in [0.717, 1.165) is 35.5 Å². The van der Waals surface area contributed by atoms with Gasteiger partial charge in [-0.3, -0.25) is 0 Å². The maximum absolute atomic E-state index is 6.60. The zero-order valence-corrected chi connectivity index (χ0v) is 22.4. The molecule has 1 aliphatic rings. The first-order valence-electron chi connectivity index (χ1n) is 12.4. The Balaban J connectivity index is 1.36. The summed E-state index contributed by atoms with van der Waals surface area (Å²) in [6, 6.07) is 21.8. The molecule has 8 heteroatoms. The first-order valence-corrected chi connectivity index (χ1v) is 13.2. The van der Waals surface area contributed by atoms with Gasteiger partial charge in [0.2, 0.25) is 5.79 Å². The molecule has 1 fully saturated rings. The lowest BCUT2D eigenvalue weighted by atomic mass is 10.0. The molecule has 5 rings (SSSR count). The fourth-order valence-corrected chi connectivity index (χ4v) is 5.09. The molecular weight excluding hydrogens is 521 g/mol. The molecule has 0 bridgehead atoms. The summed E-state index contributed by atoms with van der Waals surface area (Å²) in [6.07, 6.45) is 6.83. The number of imidazole rings is 1. The highest BCUT2D eigenvalue weighted by Gasteiger charge is 2.45. The van der Waals surface area contributed by atoms with E-state index in [4.69, 9.17) is 37.4 Å². The maximum Gasteiger partial charge on any atom is 0.215 e. The third-order valence-electron chi connectivity index (χ3n) is 6.32. The molecule has 2 atom stereocenters. The highest BCUT2D eigenvalue weighted by atomic mass is 35.5. The van der Waals surface area contributed by atoms with Crippen molar-refractivity contribution in [2.75, 3.05) is 19.8 Å². The van der Waals surface area contributed by atoms with Crippen LogP contribution in [0.25, 0.3) is 11.1 Å². The second-order valence-corrected chi connectivity index (χ2v) is 9.93. The molecule has 1 saturated heterocycles. The van der Waals surface area contributed by atoms with Crippen LogP contribution in [0.3, 0.4) is 0 Å². The third kappa shape index (κ3) is 6.12. The highest BCUT2D eigenvalue weighted by molar-refractivity contribution is 6.35. The van der Waals surface area contributed by atoms with Gasteiger partial charge >= 0.3 is 0 Å². The minimum atomic E-state index is -1.10. The SMILES string of the molecule is C=CCNCc1ccc(OC[C@@H]2CO[C@@](Cn3ccnc3)(c3ccc(Cl)cc3Cl)O2)c(-c2ccccc2)c1. The summed E-state index contributed by atoms with van der Waals surface area (Å²) in [7, 11) is 0. The van der Waals surface area contributed by atoms with Crippen molar-refractivity contribution in [3.05, 3.63) is 119 Å². The molecule has 196 valence electrons. The third-order valence-corrected chi connectivity index (χ3v) is 6.87. The van der Waals surface area contributed by atoms with Crippen LogP contribution in [0.15, 0.2) is 98.1 Å². The molecule has 6 nitrogen and oxygen atoms in total. The molecule has 0 unspecified atom stereocenters. The van der Waals surface area contributed by atoms with E-state index in [2.05, 4.69) is 41.1 Å². The molecule has 1 N–H and O–H groups in total. The van der Waals surface area contributed by atoms with Gasteiger partial charge in [-0.05, 0) is 35.4 Å². The number of aromatic nitrogens is 2. The summed E-state index contributed by atoms with van der Waals surface area (Å²) in [5.74, 6) is -0.316. The summed E-state index contributed by atoms with van der Waals surface area (Å²) >= 11 is 12.8. The summed E-state index contributed by atoms with van der Waals surface area (Å²) in [6.45, 7) is 6.29. The summed E-state index contributed by atoms with van der Waals surface area (Å²) in [5, 5.41) is 4.38. The van der Waals surface area contributed by atoms with E-state index in [1.165, 1.54) is 0 Å². The fourth-order valence-electron chi connectivity index (χ4n) is 4.53. The fraction of sp³-hybridized carbons (Fsp3) is 0.233. The van der Waals surface area contributed by atoms with Gasteiger partial charge in [-0.15, -0.1) is 6.58 Å². The molecule has 0 spiro atoms. The van der Waals surface area contributed by atoms with Crippen LogP contribution in [0.5, 0.6) is 5.75 Å². The molecule has 0 saturated carbocycles. The summed E-state index contributed by atoms with van der Waals surface area (Å²) in [4.78, 5) is 4.15. The van der Waals surface area contributed by atoms with E-state index < -0.39 is 5.79 Å². The molecule has 38 heavy (non-hydrogen) atoms. The van der Waals surface area contributed by atoms with Crippen LogP contribution in [0.2, 0.25) is 10.0 Å². The molecule has 1 aromatic heterocycles. The smallest absolute Gasteiger partial charge is 0.215 e. The number of hydrogen-bond donors (Lipinski definition) is 1. The molecule has 0 amide bonds. The van der Waals surface area contributed by atoms with Gasteiger partial charge in [-0.2, -0.15) is 0 Å². The van der Waals surface area contributed by atoms with Crippen LogP contribution in [0, 0.1) is 0 Å². The average Bonchev–Trinajstić information content (AvgIpc) is 3.59. The van der Waals surface area contributed by atoms with Gasteiger partial charge in [0.05, 0.1) is 24.5 Å². The average molecular weight is 550 g/mol. The van der Waals surface area contributed by atoms with Gasteiger partial charge in [-0.1, -0.05) is 71.7 Å². The van der Waals surface area contributed by atoms with E-state index in [9.17, 15) is 0 Å². The second-order valence-electron chi connectivity index (χ2n) is 9.09. The van der Waals surface area contributed by atoms with Crippen molar-refractivity contribution in [1.82, 2.24) is 14.9 Å². The first-order chi connectivity index (χ1) is 18.6. The van der Waals surface area contributed by atoms with Crippen molar-refractivity contribution in [2.24, 2.45) is 0 Å². The molecule has 0 radical (unpaired) electrons. The van der Waals surface area contributed by atoms with Crippen molar-refractivity contribution in [3.63, 3.8) is 0 Å². The van der Waals surface area contributed by atoms with Crippen LogP contribution in [-0.2, 0) is 28.4 Å². The van der Waals surface area contributed by atoms with Gasteiger partial charge in [0.15, 0.2) is 0 Å². The van der Waals surface area contributed by atoms with Crippen molar-refractivity contribution in [2.45, 2.75) is 25.0 Å². The second kappa shape index (κ2) is 12.2. The number of nitrogens with one attached hydrogen (secondary N) is 1. The number of rotatable bonds is 11. The largest absolute Gasteiger partial charge is 0.490 e. The van der Waals surface area contributed by atoms with Crippen LogP contribution >= 0.6 is 23.2 Å². The Morgan fingerprint density at radius 1 is 1.13 bits per heavy atom.